The van der Waals surface area contributed by atoms with Crippen LogP contribution in [0.5, 0.6) is 0 Å². The fourth-order valence-electron chi connectivity index (χ4n) is 3.33. The van der Waals surface area contributed by atoms with Gasteiger partial charge in [-0.3, -0.25) is 9.59 Å². The normalized spacial score (nSPS) is 15.7. The minimum Gasteiger partial charge on any atom is -0.352 e. The molecular formula is C19H30ClN3O2. The molecule has 0 saturated heterocycles. The second-order valence-electron chi connectivity index (χ2n) is 6.53. The van der Waals surface area contributed by atoms with Crippen LogP contribution in [0.1, 0.15) is 55.3 Å². The van der Waals surface area contributed by atoms with E-state index in [0.717, 1.165) is 12.8 Å². The zero-order valence-corrected chi connectivity index (χ0v) is 15.5. The third-order valence-corrected chi connectivity index (χ3v) is 4.72. The van der Waals surface area contributed by atoms with Crippen LogP contribution in [0.2, 0.25) is 0 Å². The third-order valence-electron chi connectivity index (χ3n) is 4.72. The minimum atomic E-state index is -0.0990. The summed E-state index contributed by atoms with van der Waals surface area (Å²) >= 11 is 0. The first-order valence-electron chi connectivity index (χ1n) is 9.03. The quantitative estimate of drug-likeness (QED) is 0.617. The van der Waals surface area contributed by atoms with Gasteiger partial charge in [0.2, 0.25) is 5.91 Å². The highest BCUT2D eigenvalue weighted by Crippen LogP contribution is 2.26. The summed E-state index contributed by atoms with van der Waals surface area (Å²) in [6.45, 7) is 0.999. The SMILES string of the molecule is Cl.NCC(NC(=O)CCCNC(=O)c1ccccc1)C1CCCCC1. The van der Waals surface area contributed by atoms with Gasteiger partial charge in [0.25, 0.3) is 5.91 Å². The molecule has 6 heteroatoms. The second kappa shape index (κ2) is 11.9. The predicted octanol–water partition coefficient (Wildman–Crippen LogP) is 2.64. The second-order valence-corrected chi connectivity index (χ2v) is 6.53. The Morgan fingerprint density at radius 3 is 2.44 bits per heavy atom. The van der Waals surface area contributed by atoms with Crippen LogP contribution in [0, 0.1) is 5.92 Å². The van der Waals surface area contributed by atoms with Crippen molar-refractivity contribution in [1.29, 1.82) is 0 Å². The summed E-state index contributed by atoms with van der Waals surface area (Å²) < 4.78 is 0. The highest BCUT2D eigenvalue weighted by atomic mass is 35.5. The third kappa shape index (κ3) is 7.45. The Hall–Kier alpha value is -1.59. The lowest BCUT2D eigenvalue weighted by atomic mass is 9.84. The molecule has 1 fully saturated rings. The van der Waals surface area contributed by atoms with E-state index in [2.05, 4.69) is 10.6 Å². The molecule has 1 aromatic carbocycles. The van der Waals surface area contributed by atoms with Crippen LogP contribution in [0.15, 0.2) is 30.3 Å². The molecule has 2 amide bonds. The molecule has 25 heavy (non-hydrogen) atoms. The lowest BCUT2D eigenvalue weighted by Crippen LogP contribution is -2.46. The summed E-state index contributed by atoms with van der Waals surface area (Å²) in [5, 5.41) is 5.92. The number of carbonyl (C=O) groups excluding carboxylic acids is 2. The first-order valence-corrected chi connectivity index (χ1v) is 9.03. The molecule has 4 N–H and O–H groups in total. The number of carbonyl (C=O) groups is 2. The molecule has 1 saturated carbocycles. The number of rotatable bonds is 8. The van der Waals surface area contributed by atoms with Gasteiger partial charge in [-0.1, -0.05) is 37.5 Å². The maximum absolute atomic E-state index is 12.1. The van der Waals surface area contributed by atoms with Crippen molar-refractivity contribution in [3.63, 3.8) is 0 Å². The zero-order chi connectivity index (χ0) is 17.2. The number of nitrogens with one attached hydrogen (secondary N) is 2. The van der Waals surface area contributed by atoms with E-state index in [9.17, 15) is 9.59 Å². The zero-order valence-electron chi connectivity index (χ0n) is 14.7. The molecule has 0 aliphatic heterocycles. The van der Waals surface area contributed by atoms with Gasteiger partial charge in [0, 0.05) is 31.1 Å². The van der Waals surface area contributed by atoms with Crippen molar-refractivity contribution in [3.05, 3.63) is 35.9 Å². The Morgan fingerprint density at radius 1 is 1.12 bits per heavy atom. The van der Waals surface area contributed by atoms with Crippen LogP contribution in [-0.4, -0.2) is 30.9 Å². The summed E-state index contributed by atoms with van der Waals surface area (Å²) in [6.07, 6.45) is 7.14. The largest absolute Gasteiger partial charge is 0.352 e. The molecule has 1 atom stereocenters. The van der Waals surface area contributed by atoms with E-state index in [1.165, 1.54) is 19.3 Å². The molecule has 0 radical (unpaired) electrons. The van der Waals surface area contributed by atoms with E-state index in [-0.39, 0.29) is 30.3 Å². The summed E-state index contributed by atoms with van der Waals surface area (Å²) in [5.74, 6) is 0.452. The molecule has 1 unspecified atom stereocenters. The lowest BCUT2D eigenvalue weighted by molar-refractivity contribution is -0.122. The smallest absolute Gasteiger partial charge is 0.251 e. The molecule has 5 nitrogen and oxygen atoms in total. The van der Waals surface area contributed by atoms with Gasteiger partial charge >= 0.3 is 0 Å². The molecule has 2 rings (SSSR count). The van der Waals surface area contributed by atoms with E-state index in [1.807, 2.05) is 18.2 Å². The van der Waals surface area contributed by atoms with Gasteiger partial charge in [-0.15, -0.1) is 12.4 Å². The number of amides is 2. The maximum Gasteiger partial charge on any atom is 0.251 e. The van der Waals surface area contributed by atoms with E-state index in [4.69, 9.17) is 5.73 Å². The van der Waals surface area contributed by atoms with E-state index >= 15 is 0 Å². The molecule has 0 aromatic heterocycles. The van der Waals surface area contributed by atoms with Crippen molar-refractivity contribution in [3.8, 4) is 0 Å². The summed E-state index contributed by atoms with van der Waals surface area (Å²) in [6, 6.07) is 9.19. The Balaban J connectivity index is 0.00000312. The fraction of sp³-hybridized carbons (Fsp3) is 0.579. The highest BCUT2D eigenvalue weighted by molar-refractivity contribution is 5.94. The van der Waals surface area contributed by atoms with Gasteiger partial charge in [0.05, 0.1) is 0 Å². The molecule has 1 aliphatic rings. The maximum atomic E-state index is 12.1. The number of benzene rings is 1. The highest BCUT2D eigenvalue weighted by Gasteiger charge is 2.23. The Morgan fingerprint density at radius 2 is 1.80 bits per heavy atom. The standard InChI is InChI=1S/C19H29N3O2.ClH/c20-14-17(15-8-3-1-4-9-15)22-18(23)12-7-13-21-19(24)16-10-5-2-6-11-16;/h2,5-6,10-11,15,17H,1,3-4,7-9,12-14,20H2,(H,21,24)(H,22,23);1H. The molecule has 0 heterocycles. The van der Waals surface area contributed by atoms with Crippen molar-refractivity contribution in [2.24, 2.45) is 11.7 Å². The van der Waals surface area contributed by atoms with Gasteiger partial charge in [-0.25, -0.2) is 0 Å². The minimum absolute atomic E-state index is 0. The van der Waals surface area contributed by atoms with Gasteiger partial charge < -0.3 is 16.4 Å². The number of hydrogen-bond donors (Lipinski definition) is 3. The van der Waals surface area contributed by atoms with Crippen LogP contribution in [0.3, 0.4) is 0 Å². The summed E-state index contributed by atoms with van der Waals surface area (Å²) in [4.78, 5) is 24.0. The van der Waals surface area contributed by atoms with Crippen LogP contribution >= 0.6 is 12.4 Å². The first-order chi connectivity index (χ1) is 11.7. The lowest BCUT2D eigenvalue weighted by Gasteiger charge is -2.30. The number of halogens is 1. The Bertz CT molecular complexity index is 519. The number of nitrogens with two attached hydrogens (primary N) is 1. The topological polar surface area (TPSA) is 84.2 Å². The summed E-state index contributed by atoms with van der Waals surface area (Å²) in [5.41, 5.74) is 6.48. The molecule has 1 aromatic rings. The van der Waals surface area contributed by atoms with Gasteiger partial charge in [0.1, 0.15) is 0 Å². The fourth-order valence-corrected chi connectivity index (χ4v) is 3.33. The Labute approximate surface area is 156 Å². The van der Waals surface area contributed by atoms with Gasteiger partial charge in [-0.2, -0.15) is 0 Å². The van der Waals surface area contributed by atoms with Crippen molar-refractivity contribution in [2.75, 3.05) is 13.1 Å². The Kier molecular flexibility index (Phi) is 10.2. The molecule has 0 bridgehead atoms. The van der Waals surface area contributed by atoms with Crippen molar-refractivity contribution in [2.45, 2.75) is 51.0 Å². The van der Waals surface area contributed by atoms with E-state index in [0.29, 0.717) is 37.4 Å². The molecule has 140 valence electrons. The van der Waals surface area contributed by atoms with E-state index < -0.39 is 0 Å². The van der Waals surface area contributed by atoms with E-state index in [1.54, 1.807) is 12.1 Å². The predicted molar refractivity (Wildman–Crippen MR) is 103 cm³/mol. The van der Waals surface area contributed by atoms with Crippen LogP contribution in [0.4, 0.5) is 0 Å². The van der Waals surface area contributed by atoms with Crippen molar-refractivity contribution < 1.29 is 9.59 Å². The van der Waals surface area contributed by atoms with Crippen molar-refractivity contribution >= 4 is 24.2 Å². The van der Waals surface area contributed by atoms with Crippen LogP contribution in [-0.2, 0) is 4.79 Å². The van der Waals surface area contributed by atoms with Gasteiger partial charge in [-0.05, 0) is 37.3 Å². The molecular weight excluding hydrogens is 338 g/mol. The molecule has 1 aliphatic carbocycles. The van der Waals surface area contributed by atoms with Crippen LogP contribution in [0.25, 0.3) is 0 Å². The van der Waals surface area contributed by atoms with Crippen molar-refractivity contribution in [1.82, 2.24) is 10.6 Å². The monoisotopic (exact) mass is 367 g/mol. The first kappa shape index (κ1) is 21.5. The van der Waals surface area contributed by atoms with Crippen LogP contribution < -0.4 is 16.4 Å². The molecule has 0 spiro atoms. The summed E-state index contributed by atoms with van der Waals surface area (Å²) in [7, 11) is 0. The average molecular weight is 368 g/mol. The number of hydrogen-bond acceptors (Lipinski definition) is 3. The average Bonchev–Trinajstić information content (AvgIpc) is 2.64. The van der Waals surface area contributed by atoms with Gasteiger partial charge in [0.15, 0.2) is 0 Å².